The van der Waals surface area contributed by atoms with Crippen LogP contribution in [-0.4, -0.2) is 56.6 Å². The summed E-state index contributed by atoms with van der Waals surface area (Å²) in [5.41, 5.74) is 3.95. The molecule has 1 fully saturated rings. The van der Waals surface area contributed by atoms with Crippen LogP contribution < -0.4 is 18.9 Å². The van der Waals surface area contributed by atoms with Crippen molar-refractivity contribution in [2.75, 3.05) is 34.0 Å². The second-order valence-electron chi connectivity index (χ2n) is 10.2. The van der Waals surface area contributed by atoms with Crippen molar-refractivity contribution < 1.29 is 33.3 Å². The first-order valence-electron chi connectivity index (χ1n) is 14.4. The van der Waals surface area contributed by atoms with Crippen molar-refractivity contribution in [2.24, 2.45) is 11.0 Å². The number of carbonyl (C=O) groups is 2. The van der Waals surface area contributed by atoms with E-state index in [2.05, 4.69) is 6.08 Å². The molecule has 1 amide bonds. The standard InChI is InChI=1S/C34H36N2O7/c1-4-41-29-10-5-6-11-30(29)42-22-32(38)43-21-31(37)36-34(24-14-18-27(40-3)19-15-24)28-9-7-8-25(33(28)35-36)20-23-12-16-26(39-2)17-13-23/h5-6,10-20,28,34H,4,7-9,21-22H2,1-3H3. The van der Waals surface area contributed by atoms with Gasteiger partial charge in [0.25, 0.3) is 5.91 Å². The monoisotopic (exact) mass is 584 g/mol. The molecular weight excluding hydrogens is 548 g/mol. The zero-order chi connectivity index (χ0) is 30.2. The highest BCUT2D eigenvalue weighted by molar-refractivity contribution is 6.08. The number of allylic oxidation sites excluding steroid dienone is 1. The summed E-state index contributed by atoms with van der Waals surface area (Å²) in [4.78, 5) is 26.1. The van der Waals surface area contributed by atoms with E-state index in [1.165, 1.54) is 5.01 Å². The van der Waals surface area contributed by atoms with Crippen LogP contribution in [0.3, 0.4) is 0 Å². The summed E-state index contributed by atoms with van der Waals surface area (Å²) in [6.07, 6.45) is 4.83. The summed E-state index contributed by atoms with van der Waals surface area (Å²) in [6, 6.07) is 22.3. The van der Waals surface area contributed by atoms with Gasteiger partial charge >= 0.3 is 5.97 Å². The molecule has 0 bridgehead atoms. The highest BCUT2D eigenvalue weighted by Crippen LogP contribution is 2.44. The molecule has 0 N–H and O–H groups in total. The number of hydrogen-bond donors (Lipinski definition) is 0. The molecule has 3 aromatic carbocycles. The van der Waals surface area contributed by atoms with Crippen LogP contribution in [-0.2, 0) is 14.3 Å². The number of rotatable bonds is 11. The zero-order valence-electron chi connectivity index (χ0n) is 24.7. The summed E-state index contributed by atoms with van der Waals surface area (Å²) in [7, 11) is 3.26. The summed E-state index contributed by atoms with van der Waals surface area (Å²) in [5.74, 6) is 1.41. The fraction of sp³-hybridized carbons (Fsp3) is 0.324. The number of hydrazone groups is 1. The molecule has 224 valence electrons. The van der Waals surface area contributed by atoms with E-state index in [9.17, 15) is 9.59 Å². The molecule has 0 radical (unpaired) electrons. The second-order valence-corrected chi connectivity index (χ2v) is 10.2. The maximum Gasteiger partial charge on any atom is 0.344 e. The number of esters is 1. The van der Waals surface area contributed by atoms with Gasteiger partial charge in [-0.2, -0.15) is 5.10 Å². The number of para-hydroxylation sites is 2. The molecule has 1 saturated carbocycles. The molecule has 5 rings (SSSR count). The molecule has 0 saturated heterocycles. The molecule has 1 aliphatic heterocycles. The molecule has 1 heterocycles. The number of benzene rings is 3. The predicted molar refractivity (Wildman–Crippen MR) is 162 cm³/mol. The van der Waals surface area contributed by atoms with Crippen LogP contribution in [0.4, 0.5) is 0 Å². The van der Waals surface area contributed by atoms with Crippen molar-refractivity contribution in [3.63, 3.8) is 0 Å². The van der Waals surface area contributed by atoms with Gasteiger partial charge in [0, 0.05) is 5.92 Å². The topological polar surface area (TPSA) is 95.9 Å². The summed E-state index contributed by atoms with van der Waals surface area (Å²) in [6.45, 7) is 1.52. The third-order valence-corrected chi connectivity index (χ3v) is 7.52. The van der Waals surface area contributed by atoms with Gasteiger partial charge in [0.1, 0.15) is 11.5 Å². The normalized spacial score (nSPS) is 18.4. The van der Waals surface area contributed by atoms with E-state index in [1.54, 1.807) is 32.4 Å². The lowest BCUT2D eigenvalue weighted by Gasteiger charge is -2.29. The molecule has 43 heavy (non-hydrogen) atoms. The molecule has 2 unspecified atom stereocenters. The quantitative estimate of drug-likeness (QED) is 0.261. The minimum absolute atomic E-state index is 0.00435. The number of amides is 1. The van der Waals surface area contributed by atoms with Gasteiger partial charge in [0.2, 0.25) is 0 Å². The highest BCUT2D eigenvalue weighted by atomic mass is 16.6. The lowest BCUT2D eigenvalue weighted by molar-refractivity contribution is -0.154. The lowest BCUT2D eigenvalue weighted by Crippen LogP contribution is -2.35. The van der Waals surface area contributed by atoms with Crippen molar-refractivity contribution in [1.82, 2.24) is 5.01 Å². The van der Waals surface area contributed by atoms with Crippen LogP contribution in [0.5, 0.6) is 23.0 Å². The third kappa shape index (κ3) is 6.99. The summed E-state index contributed by atoms with van der Waals surface area (Å²) in [5, 5.41) is 6.34. The molecule has 9 nitrogen and oxygen atoms in total. The number of methoxy groups -OCH3 is 2. The van der Waals surface area contributed by atoms with Crippen LogP contribution in [0.1, 0.15) is 43.4 Å². The van der Waals surface area contributed by atoms with Crippen LogP contribution in [0, 0.1) is 5.92 Å². The Morgan fingerprint density at radius 1 is 0.884 bits per heavy atom. The average molecular weight is 585 g/mol. The average Bonchev–Trinajstić information content (AvgIpc) is 3.44. The van der Waals surface area contributed by atoms with Gasteiger partial charge in [-0.3, -0.25) is 4.79 Å². The third-order valence-electron chi connectivity index (χ3n) is 7.52. The van der Waals surface area contributed by atoms with E-state index < -0.39 is 18.5 Å². The van der Waals surface area contributed by atoms with E-state index in [4.69, 9.17) is 28.8 Å². The predicted octanol–water partition coefficient (Wildman–Crippen LogP) is 5.85. The van der Waals surface area contributed by atoms with Gasteiger partial charge < -0.3 is 23.7 Å². The van der Waals surface area contributed by atoms with Crippen molar-refractivity contribution in [3.8, 4) is 23.0 Å². The minimum atomic E-state index is -0.662. The lowest BCUT2D eigenvalue weighted by atomic mass is 9.77. The number of carbonyl (C=O) groups excluding carboxylic acids is 2. The van der Waals surface area contributed by atoms with Gasteiger partial charge in [0.15, 0.2) is 24.7 Å². The number of ether oxygens (including phenoxy) is 5. The van der Waals surface area contributed by atoms with E-state index in [-0.39, 0.29) is 18.6 Å². The van der Waals surface area contributed by atoms with Crippen LogP contribution in [0.2, 0.25) is 0 Å². The van der Waals surface area contributed by atoms with Gasteiger partial charge in [0.05, 0.1) is 32.6 Å². The Hall–Kier alpha value is -4.79. The Labute approximate surface area is 251 Å². The molecule has 9 heteroatoms. The molecule has 3 aromatic rings. The maximum atomic E-state index is 13.6. The summed E-state index contributed by atoms with van der Waals surface area (Å²) < 4.78 is 27.1. The fourth-order valence-electron chi connectivity index (χ4n) is 5.47. The Morgan fingerprint density at radius 2 is 1.53 bits per heavy atom. The van der Waals surface area contributed by atoms with Crippen LogP contribution in [0.15, 0.2) is 83.5 Å². The maximum absolute atomic E-state index is 13.6. The first-order valence-corrected chi connectivity index (χ1v) is 14.4. The fourth-order valence-corrected chi connectivity index (χ4v) is 5.47. The molecule has 0 aromatic heterocycles. The molecular formula is C34H36N2O7. The Balaban J connectivity index is 1.33. The molecule has 2 aliphatic rings. The first-order chi connectivity index (χ1) is 21.0. The number of hydrogen-bond acceptors (Lipinski definition) is 8. The Kier molecular flexibility index (Phi) is 9.61. The van der Waals surface area contributed by atoms with Gasteiger partial charge in [-0.25, -0.2) is 9.80 Å². The molecule has 2 atom stereocenters. The smallest absolute Gasteiger partial charge is 0.344 e. The summed E-state index contributed by atoms with van der Waals surface area (Å²) >= 11 is 0. The van der Waals surface area contributed by atoms with Gasteiger partial charge in [-0.05, 0) is 85.4 Å². The number of fused-ring (bicyclic) bond motifs is 1. The second kappa shape index (κ2) is 13.9. The first kappa shape index (κ1) is 29.7. The largest absolute Gasteiger partial charge is 0.497 e. The Bertz CT molecular complexity index is 1480. The van der Waals surface area contributed by atoms with Gasteiger partial charge in [-0.15, -0.1) is 0 Å². The van der Waals surface area contributed by atoms with Crippen molar-refractivity contribution in [3.05, 3.63) is 89.5 Å². The minimum Gasteiger partial charge on any atom is -0.497 e. The van der Waals surface area contributed by atoms with Crippen molar-refractivity contribution >= 4 is 23.7 Å². The van der Waals surface area contributed by atoms with Crippen molar-refractivity contribution in [2.45, 2.75) is 32.2 Å². The van der Waals surface area contributed by atoms with E-state index in [1.807, 2.05) is 61.5 Å². The molecule has 0 spiro atoms. The highest BCUT2D eigenvalue weighted by Gasteiger charge is 2.43. The molecule has 1 aliphatic carbocycles. The SMILES string of the molecule is CCOc1ccccc1OCC(=O)OCC(=O)N1N=C2C(=Cc3ccc(OC)cc3)CCCC2C1c1ccc(OC)cc1. The van der Waals surface area contributed by atoms with Gasteiger partial charge in [-0.1, -0.05) is 36.4 Å². The number of nitrogens with zero attached hydrogens (tertiary/aromatic N) is 2. The van der Waals surface area contributed by atoms with E-state index in [0.717, 1.165) is 53.2 Å². The van der Waals surface area contributed by atoms with E-state index in [0.29, 0.717) is 18.1 Å². The van der Waals surface area contributed by atoms with E-state index >= 15 is 0 Å². The van der Waals surface area contributed by atoms with Crippen molar-refractivity contribution in [1.29, 1.82) is 0 Å². The van der Waals surface area contributed by atoms with Crippen LogP contribution >= 0.6 is 0 Å². The zero-order valence-corrected chi connectivity index (χ0v) is 24.7. The van der Waals surface area contributed by atoms with Crippen LogP contribution in [0.25, 0.3) is 6.08 Å². The Morgan fingerprint density at radius 3 is 2.19 bits per heavy atom.